The van der Waals surface area contributed by atoms with Crippen molar-refractivity contribution in [2.45, 2.75) is 38.5 Å². The maximum atomic E-state index is 13.9. The van der Waals surface area contributed by atoms with E-state index in [1.165, 1.54) is 24.5 Å². The van der Waals surface area contributed by atoms with Crippen LogP contribution in [0.25, 0.3) is 0 Å². The van der Waals surface area contributed by atoms with Crippen molar-refractivity contribution in [3.8, 4) is 0 Å². The van der Waals surface area contributed by atoms with Gasteiger partial charge in [0.2, 0.25) is 11.8 Å². The number of carbonyl (C=O) groups excluding carboxylic acids is 2. The quantitative estimate of drug-likeness (QED) is 0.616. The molecule has 6 heteroatoms. The van der Waals surface area contributed by atoms with Crippen LogP contribution in [0.15, 0.2) is 35.9 Å². The van der Waals surface area contributed by atoms with E-state index in [0.717, 1.165) is 19.3 Å². The van der Waals surface area contributed by atoms with Gasteiger partial charge in [0.25, 0.3) is 0 Å². The first-order chi connectivity index (χ1) is 13.1. The number of allylic oxidation sites excluding steroid dienone is 1. The fourth-order valence-electron chi connectivity index (χ4n) is 3.71. The zero-order chi connectivity index (χ0) is 19.1. The minimum atomic E-state index is -0.246. The lowest BCUT2D eigenvalue weighted by Crippen LogP contribution is -2.49. The van der Waals surface area contributed by atoms with E-state index in [4.69, 9.17) is 0 Å². The van der Waals surface area contributed by atoms with E-state index >= 15 is 0 Å². The van der Waals surface area contributed by atoms with Gasteiger partial charge in [0.1, 0.15) is 12.2 Å². The van der Waals surface area contributed by atoms with Gasteiger partial charge in [0.05, 0.1) is 5.69 Å². The molecule has 1 saturated heterocycles. The van der Waals surface area contributed by atoms with Crippen molar-refractivity contribution in [2.75, 3.05) is 37.6 Å². The maximum Gasteiger partial charge on any atom is 0.232 e. The summed E-state index contributed by atoms with van der Waals surface area (Å²) in [6, 6.07) is 6.67. The molecule has 0 spiro atoms. The number of halogens is 1. The van der Waals surface area contributed by atoms with Crippen LogP contribution in [0, 0.1) is 5.82 Å². The van der Waals surface area contributed by atoms with Crippen molar-refractivity contribution in [3.05, 3.63) is 41.7 Å². The molecule has 1 aromatic rings. The van der Waals surface area contributed by atoms with Crippen molar-refractivity contribution < 1.29 is 14.0 Å². The number of para-hydroxylation sites is 1. The Morgan fingerprint density at radius 3 is 2.56 bits per heavy atom. The first kappa shape index (κ1) is 19.4. The molecule has 0 aromatic heterocycles. The number of hydrogen-bond acceptors (Lipinski definition) is 3. The highest BCUT2D eigenvalue weighted by molar-refractivity contribution is 5.97. The van der Waals surface area contributed by atoms with E-state index in [2.05, 4.69) is 11.4 Å². The lowest BCUT2D eigenvalue weighted by Gasteiger charge is -2.36. The van der Waals surface area contributed by atoms with E-state index in [0.29, 0.717) is 38.4 Å². The summed E-state index contributed by atoms with van der Waals surface area (Å²) in [7, 11) is 0. The number of amides is 2. The fraction of sp³-hybridized carbons (Fsp3) is 0.524. The monoisotopic (exact) mass is 373 g/mol. The Bertz CT molecular complexity index is 696. The molecule has 146 valence electrons. The van der Waals surface area contributed by atoms with Crippen LogP contribution in [0.1, 0.15) is 38.5 Å². The van der Waals surface area contributed by atoms with Crippen LogP contribution < -0.4 is 10.2 Å². The molecule has 2 amide bonds. The normalized spacial score (nSPS) is 17.4. The predicted octanol–water partition coefficient (Wildman–Crippen LogP) is 2.87. The van der Waals surface area contributed by atoms with E-state index < -0.39 is 0 Å². The van der Waals surface area contributed by atoms with Crippen LogP contribution in [0.4, 0.5) is 10.1 Å². The number of nitrogens with one attached hydrogen (secondary N) is 1. The highest BCUT2D eigenvalue weighted by Gasteiger charge is 2.24. The molecular weight excluding hydrogens is 345 g/mol. The van der Waals surface area contributed by atoms with Crippen LogP contribution >= 0.6 is 0 Å². The Balaban J connectivity index is 1.38. The Labute approximate surface area is 160 Å². The van der Waals surface area contributed by atoms with Crippen molar-refractivity contribution in [3.63, 3.8) is 0 Å². The molecule has 0 saturated carbocycles. The second-order valence-corrected chi connectivity index (χ2v) is 7.20. The number of benzene rings is 1. The van der Waals surface area contributed by atoms with E-state index in [1.54, 1.807) is 17.0 Å². The lowest BCUT2D eigenvalue weighted by molar-refractivity contribution is -0.136. The Morgan fingerprint density at radius 1 is 1.07 bits per heavy atom. The molecule has 1 aliphatic heterocycles. The minimum absolute atomic E-state index is 0.112. The molecule has 0 atom stereocenters. The third-order valence-corrected chi connectivity index (χ3v) is 5.29. The summed E-state index contributed by atoms with van der Waals surface area (Å²) in [5.74, 6) is -0.616. The second kappa shape index (κ2) is 9.53. The van der Waals surface area contributed by atoms with Crippen LogP contribution in [-0.4, -0.2) is 49.4 Å². The van der Waals surface area contributed by atoms with Crippen LogP contribution in [0.5, 0.6) is 0 Å². The van der Waals surface area contributed by atoms with E-state index in [-0.39, 0.29) is 24.1 Å². The van der Waals surface area contributed by atoms with Gasteiger partial charge >= 0.3 is 0 Å². The van der Waals surface area contributed by atoms with Gasteiger partial charge in [0.15, 0.2) is 0 Å². The van der Waals surface area contributed by atoms with Gasteiger partial charge in [-0.15, -0.1) is 0 Å². The van der Waals surface area contributed by atoms with Gasteiger partial charge in [-0.3, -0.25) is 9.59 Å². The summed E-state index contributed by atoms with van der Waals surface area (Å²) < 4.78 is 13.9. The molecule has 0 unspecified atom stereocenters. The average molecular weight is 373 g/mol. The van der Waals surface area contributed by atoms with Crippen LogP contribution in [0.3, 0.4) is 0 Å². The van der Waals surface area contributed by atoms with Gasteiger partial charge in [-0.05, 0) is 44.2 Å². The molecule has 2 aliphatic rings. The summed E-state index contributed by atoms with van der Waals surface area (Å²) in [5.41, 5.74) is 1.98. The highest BCUT2D eigenvalue weighted by atomic mass is 19.1. The summed E-state index contributed by atoms with van der Waals surface area (Å²) in [6.45, 7) is 2.75. The standard InChI is InChI=1S/C21H28FN3O2/c22-18-8-4-5-9-19(18)24-12-14-25(15-13-24)21(27)16-20(26)23-11-10-17-6-2-1-3-7-17/h4-6,8-9H,1-3,7,10-16H2,(H,23,26). The Hall–Kier alpha value is -2.37. The largest absolute Gasteiger partial charge is 0.366 e. The molecule has 1 aliphatic carbocycles. The van der Waals surface area contributed by atoms with Gasteiger partial charge < -0.3 is 15.1 Å². The van der Waals surface area contributed by atoms with Crippen molar-refractivity contribution in [1.82, 2.24) is 10.2 Å². The lowest BCUT2D eigenvalue weighted by atomic mass is 9.97. The van der Waals surface area contributed by atoms with Crippen LogP contribution in [-0.2, 0) is 9.59 Å². The highest BCUT2D eigenvalue weighted by Crippen LogP contribution is 2.21. The van der Waals surface area contributed by atoms with E-state index in [1.807, 2.05) is 11.0 Å². The molecule has 1 fully saturated rings. The van der Waals surface area contributed by atoms with Crippen LogP contribution in [0.2, 0.25) is 0 Å². The summed E-state index contributed by atoms with van der Waals surface area (Å²) in [4.78, 5) is 28.0. The zero-order valence-electron chi connectivity index (χ0n) is 15.8. The van der Waals surface area contributed by atoms with Gasteiger partial charge in [-0.25, -0.2) is 4.39 Å². The molecule has 5 nitrogen and oxygen atoms in total. The first-order valence-corrected chi connectivity index (χ1v) is 9.85. The molecular formula is C21H28FN3O2. The SMILES string of the molecule is O=C(CC(=O)N1CCN(c2ccccc2F)CC1)NCCC1=CCCCC1. The third-order valence-electron chi connectivity index (χ3n) is 5.29. The molecule has 1 heterocycles. The smallest absolute Gasteiger partial charge is 0.232 e. The van der Waals surface area contributed by atoms with Crippen molar-refractivity contribution in [2.24, 2.45) is 0 Å². The number of carbonyl (C=O) groups is 2. The topological polar surface area (TPSA) is 52.7 Å². The summed E-state index contributed by atoms with van der Waals surface area (Å²) in [5, 5.41) is 2.85. The number of piperazine rings is 1. The maximum absolute atomic E-state index is 13.9. The van der Waals surface area contributed by atoms with Gasteiger partial charge in [-0.1, -0.05) is 23.8 Å². The Kier molecular flexibility index (Phi) is 6.85. The first-order valence-electron chi connectivity index (χ1n) is 9.85. The number of rotatable bonds is 6. The van der Waals surface area contributed by atoms with Gasteiger partial charge in [-0.2, -0.15) is 0 Å². The summed E-state index contributed by atoms with van der Waals surface area (Å²) >= 11 is 0. The number of anilines is 1. The predicted molar refractivity (Wildman–Crippen MR) is 104 cm³/mol. The second-order valence-electron chi connectivity index (χ2n) is 7.20. The fourth-order valence-corrected chi connectivity index (χ4v) is 3.71. The third kappa shape index (κ3) is 5.55. The van der Waals surface area contributed by atoms with Gasteiger partial charge in [0, 0.05) is 32.7 Å². The minimum Gasteiger partial charge on any atom is -0.366 e. The number of hydrogen-bond donors (Lipinski definition) is 1. The number of nitrogens with zero attached hydrogens (tertiary/aromatic N) is 2. The molecule has 3 rings (SSSR count). The van der Waals surface area contributed by atoms with Crippen molar-refractivity contribution >= 4 is 17.5 Å². The molecule has 27 heavy (non-hydrogen) atoms. The molecule has 0 bridgehead atoms. The van der Waals surface area contributed by atoms with E-state index in [9.17, 15) is 14.0 Å². The molecule has 1 N–H and O–H groups in total. The summed E-state index contributed by atoms with van der Waals surface area (Å²) in [6.07, 6.45) is 7.79. The van der Waals surface area contributed by atoms with Crippen molar-refractivity contribution in [1.29, 1.82) is 0 Å². The molecule has 1 aromatic carbocycles. The average Bonchev–Trinajstić information content (AvgIpc) is 2.69. The molecule has 0 radical (unpaired) electrons. The Morgan fingerprint density at radius 2 is 1.85 bits per heavy atom. The zero-order valence-corrected chi connectivity index (χ0v) is 15.8.